The lowest BCUT2D eigenvalue weighted by Crippen LogP contribution is -2.18. The van der Waals surface area contributed by atoms with Crippen molar-refractivity contribution in [1.82, 2.24) is 5.32 Å². The van der Waals surface area contributed by atoms with Gasteiger partial charge in [0.15, 0.2) is 0 Å². The van der Waals surface area contributed by atoms with E-state index in [1.165, 1.54) is 12.5 Å². The Kier molecular flexibility index (Phi) is 3.73. The molecule has 0 aliphatic heterocycles. The summed E-state index contributed by atoms with van der Waals surface area (Å²) in [5.74, 6) is 0.736. The molecule has 18 heavy (non-hydrogen) atoms. The quantitative estimate of drug-likeness (QED) is 0.669. The summed E-state index contributed by atoms with van der Waals surface area (Å²) >= 11 is 3.30. The number of halogens is 1. The van der Waals surface area contributed by atoms with Crippen LogP contribution in [-0.2, 0) is 6.54 Å². The highest BCUT2D eigenvalue weighted by Crippen LogP contribution is 2.50. The Bertz CT molecular complexity index is 474. The van der Waals surface area contributed by atoms with Crippen molar-refractivity contribution >= 4 is 21.6 Å². The predicted molar refractivity (Wildman–Crippen MR) is 74.4 cm³/mol. The van der Waals surface area contributed by atoms with E-state index < -0.39 is 0 Å². The van der Waals surface area contributed by atoms with Gasteiger partial charge in [-0.3, -0.25) is 10.1 Å². The van der Waals surface area contributed by atoms with Crippen LogP contribution in [0.15, 0.2) is 22.7 Å². The van der Waals surface area contributed by atoms with Crippen molar-refractivity contribution < 1.29 is 4.92 Å². The largest absolute Gasteiger partial charge is 0.312 e. The minimum Gasteiger partial charge on any atom is -0.312 e. The first kappa shape index (κ1) is 13.5. The molecule has 1 fully saturated rings. The second-order valence-corrected chi connectivity index (χ2v) is 6.51. The molecule has 0 radical (unpaired) electrons. The summed E-state index contributed by atoms with van der Waals surface area (Å²) in [6, 6.07) is 5.06. The molecule has 1 N–H and O–H groups in total. The second-order valence-electron chi connectivity index (χ2n) is 5.60. The summed E-state index contributed by atoms with van der Waals surface area (Å²) in [7, 11) is 0. The van der Waals surface area contributed by atoms with Crippen LogP contribution in [0.3, 0.4) is 0 Å². The normalized spacial score (nSPS) is 20.7. The monoisotopic (exact) mass is 312 g/mol. The number of nitro benzene ring substituents is 1. The van der Waals surface area contributed by atoms with E-state index >= 15 is 0 Å². The van der Waals surface area contributed by atoms with Crippen LogP contribution in [0, 0.1) is 21.4 Å². The van der Waals surface area contributed by atoms with Crippen LogP contribution in [0.25, 0.3) is 0 Å². The van der Waals surface area contributed by atoms with Gasteiger partial charge in [0.25, 0.3) is 5.69 Å². The maximum Gasteiger partial charge on any atom is 0.270 e. The lowest BCUT2D eigenvalue weighted by molar-refractivity contribution is -0.385. The number of hydrogen-bond acceptors (Lipinski definition) is 3. The molecule has 1 aromatic rings. The highest BCUT2D eigenvalue weighted by molar-refractivity contribution is 9.10. The average molecular weight is 313 g/mol. The Morgan fingerprint density at radius 1 is 1.50 bits per heavy atom. The van der Waals surface area contributed by atoms with Gasteiger partial charge in [0.2, 0.25) is 0 Å². The van der Waals surface area contributed by atoms with Gasteiger partial charge >= 0.3 is 0 Å². The Labute approximate surface area is 115 Å². The fraction of sp³-hybridized carbons (Fsp3) is 0.538. The van der Waals surface area contributed by atoms with Gasteiger partial charge in [-0.25, -0.2) is 0 Å². The maximum atomic E-state index is 10.7. The first-order chi connectivity index (χ1) is 8.38. The molecule has 5 heteroatoms. The number of non-ortho nitro benzene ring substituents is 1. The number of nitro groups is 1. The lowest BCUT2D eigenvalue weighted by Gasteiger charge is -2.07. The lowest BCUT2D eigenvalue weighted by atomic mass is 10.1. The van der Waals surface area contributed by atoms with Crippen molar-refractivity contribution in [3.8, 4) is 0 Å². The van der Waals surface area contributed by atoms with Crippen molar-refractivity contribution in [2.24, 2.45) is 11.3 Å². The molecule has 1 aliphatic carbocycles. The van der Waals surface area contributed by atoms with E-state index in [2.05, 4.69) is 35.1 Å². The first-order valence-corrected chi connectivity index (χ1v) is 6.82. The minimum atomic E-state index is -0.363. The molecule has 1 saturated carbocycles. The summed E-state index contributed by atoms with van der Waals surface area (Å²) in [5, 5.41) is 14.1. The van der Waals surface area contributed by atoms with E-state index in [0.29, 0.717) is 12.0 Å². The SMILES string of the molecule is CC1(C)CC1CNCc1cc(Br)cc([N+](=O)[O-])c1. The first-order valence-electron chi connectivity index (χ1n) is 6.03. The molecule has 0 spiro atoms. The Balaban J connectivity index is 1.91. The van der Waals surface area contributed by atoms with Crippen molar-refractivity contribution in [3.05, 3.63) is 38.3 Å². The zero-order valence-electron chi connectivity index (χ0n) is 10.6. The summed E-state index contributed by atoms with van der Waals surface area (Å²) in [4.78, 5) is 10.4. The van der Waals surface area contributed by atoms with Gasteiger partial charge in [-0.05, 0) is 35.9 Å². The summed E-state index contributed by atoms with van der Waals surface area (Å²) in [6.07, 6.45) is 1.26. The van der Waals surface area contributed by atoms with Crippen molar-refractivity contribution in [2.45, 2.75) is 26.8 Å². The Morgan fingerprint density at radius 2 is 2.17 bits per heavy atom. The van der Waals surface area contributed by atoms with Crippen molar-refractivity contribution in [1.29, 1.82) is 0 Å². The molecule has 0 bridgehead atoms. The van der Waals surface area contributed by atoms with E-state index in [1.807, 2.05) is 6.07 Å². The van der Waals surface area contributed by atoms with E-state index in [4.69, 9.17) is 0 Å². The van der Waals surface area contributed by atoms with Gasteiger partial charge in [-0.1, -0.05) is 29.8 Å². The molecule has 4 nitrogen and oxygen atoms in total. The van der Waals surface area contributed by atoms with Crippen LogP contribution < -0.4 is 5.32 Å². The molecule has 0 amide bonds. The van der Waals surface area contributed by atoms with Crippen molar-refractivity contribution in [3.63, 3.8) is 0 Å². The number of nitrogens with zero attached hydrogens (tertiary/aromatic N) is 1. The molecule has 0 aromatic heterocycles. The molecule has 2 rings (SSSR count). The molecular formula is C13H17BrN2O2. The zero-order valence-corrected chi connectivity index (χ0v) is 12.2. The summed E-state index contributed by atoms with van der Waals surface area (Å²) < 4.78 is 0.750. The van der Waals surface area contributed by atoms with Crippen LogP contribution in [-0.4, -0.2) is 11.5 Å². The van der Waals surface area contributed by atoms with Crippen molar-refractivity contribution in [2.75, 3.05) is 6.54 Å². The maximum absolute atomic E-state index is 10.7. The smallest absolute Gasteiger partial charge is 0.270 e. The predicted octanol–water partition coefficient (Wildman–Crippen LogP) is 3.49. The summed E-state index contributed by atoms with van der Waals surface area (Å²) in [6.45, 7) is 6.19. The number of benzene rings is 1. The molecule has 1 atom stereocenters. The molecule has 1 aliphatic rings. The van der Waals surface area contributed by atoms with Gasteiger partial charge in [-0.2, -0.15) is 0 Å². The Hall–Kier alpha value is -0.940. The highest BCUT2D eigenvalue weighted by Gasteiger charge is 2.44. The van der Waals surface area contributed by atoms with E-state index in [1.54, 1.807) is 6.07 Å². The third kappa shape index (κ3) is 3.29. The molecule has 1 unspecified atom stereocenters. The highest BCUT2D eigenvalue weighted by atomic mass is 79.9. The van der Waals surface area contributed by atoms with E-state index in [0.717, 1.165) is 22.5 Å². The molecule has 98 valence electrons. The van der Waals surface area contributed by atoms with Gasteiger partial charge in [0.05, 0.1) is 4.92 Å². The van der Waals surface area contributed by atoms with Gasteiger partial charge in [0, 0.05) is 23.2 Å². The fourth-order valence-electron chi connectivity index (χ4n) is 2.16. The van der Waals surface area contributed by atoms with Gasteiger partial charge < -0.3 is 5.32 Å². The molecule has 1 aromatic carbocycles. The molecule has 0 heterocycles. The fourth-order valence-corrected chi connectivity index (χ4v) is 2.68. The minimum absolute atomic E-state index is 0.132. The van der Waals surface area contributed by atoms with Crippen LogP contribution in [0.2, 0.25) is 0 Å². The molecule has 0 saturated heterocycles. The zero-order chi connectivity index (χ0) is 13.3. The molecular weight excluding hydrogens is 296 g/mol. The Morgan fingerprint density at radius 3 is 2.72 bits per heavy atom. The van der Waals surface area contributed by atoms with Gasteiger partial charge in [-0.15, -0.1) is 0 Å². The van der Waals surface area contributed by atoms with Crippen LogP contribution in [0.1, 0.15) is 25.8 Å². The van der Waals surface area contributed by atoms with Crippen LogP contribution in [0.4, 0.5) is 5.69 Å². The van der Waals surface area contributed by atoms with Crippen LogP contribution in [0.5, 0.6) is 0 Å². The van der Waals surface area contributed by atoms with E-state index in [-0.39, 0.29) is 10.6 Å². The third-order valence-corrected chi connectivity index (χ3v) is 4.05. The third-order valence-electron chi connectivity index (χ3n) is 3.59. The van der Waals surface area contributed by atoms with Crippen LogP contribution >= 0.6 is 15.9 Å². The number of hydrogen-bond donors (Lipinski definition) is 1. The average Bonchev–Trinajstić information content (AvgIpc) is 2.85. The van der Waals surface area contributed by atoms with E-state index in [9.17, 15) is 10.1 Å². The second kappa shape index (κ2) is 4.97. The summed E-state index contributed by atoms with van der Waals surface area (Å²) in [5.41, 5.74) is 1.54. The number of rotatable bonds is 5. The number of nitrogens with one attached hydrogen (secondary N) is 1. The van der Waals surface area contributed by atoms with Gasteiger partial charge in [0.1, 0.15) is 0 Å². The standard InChI is InChI=1S/C13H17BrN2O2/c1-13(2)6-10(13)8-15-7-9-3-11(14)5-12(4-9)16(17)18/h3-5,10,15H,6-8H2,1-2H3. The topological polar surface area (TPSA) is 55.2 Å².